The fraction of sp³-hybridized carbons (Fsp3) is 0.786. The molecule has 0 aliphatic carbocycles. The van der Waals surface area contributed by atoms with Crippen LogP contribution in [0.1, 0.15) is 33.6 Å². The molecule has 1 aromatic heterocycles. The lowest BCUT2D eigenvalue weighted by atomic mass is 10.2. The zero-order chi connectivity index (χ0) is 15.3. The van der Waals surface area contributed by atoms with Crippen LogP contribution in [0.25, 0.3) is 0 Å². The maximum Gasteiger partial charge on any atom is 0.410 e. The van der Waals surface area contributed by atoms with E-state index in [9.17, 15) is 4.79 Å². The van der Waals surface area contributed by atoms with Crippen LogP contribution in [0.4, 0.5) is 4.79 Å². The summed E-state index contributed by atoms with van der Waals surface area (Å²) in [6.45, 7) is 8.92. The molecule has 1 unspecified atom stereocenters. The molecule has 0 spiro atoms. The number of carbonyl (C=O) groups is 1. The molecular weight excluding hydrogens is 270 g/mol. The first-order chi connectivity index (χ1) is 9.94. The van der Waals surface area contributed by atoms with Crippen molar-refractivity contribution in [1.29, 1.82) is 0 Å². The van der Waals surface area contributed by atoms with Gasteiger partial charge in [0, 0.05) is 31.9 Å². The lowest BCUT2D eigenvalue weighted by Gasteiger charge is -2.24. The highest BCUT2D eigenvalue weighted by molar-refractivity contribution is 5.68. The number of likely N-dealkylation sites (tertiary alicyclic amines) is 1. The molecule has 1 saturated heterocycles. The third kappa shape index (κ3) is 5.34. The molecule has 1 atom stereocenters. The van der Waals surface area contributed by atoms with Crippen molar-refractivity contribution < 1.29 is 9.53 Å². The Hall–Kier alpha value is -1.63. The Balaban J connectivity index is 1.62. The van der Waals surface area contributed by atoms with Crippen LogP contribution in [-0.2, 0) is 11.3 Å². The number of rotatable bonds is 5. The van der Waals surface area contributed by atoms with Crippen LogP contribution in [0.2, 0.25) is 0 Å². The highest BCUT2D eigenvalue weighted by Crippen LogP contribution is 2.15. The SMILES string of the molecule is CC(C)(C)OC(=O)N1CCC(NCCCn2ccnn2)C1. The summed E-state index contributed by atoms with van der Waals surface area (Å²) < 4.78 is 7.21. The topological polar surface area (TPSA) is 72.3 Å². The van der Waals surface area contributed by atoms with Gasteiger partial charge in [-0.1, -0.05) is 5.21 Å². The van der Waals surface area contributed by atoms with E-state index < -0.39 is 5.60 Å². The Kier molecular flexibility index (Phi) is 5.17. The number of carbonyl (C=O) groups excluding carboxylic acids is 1. The van der Waals surface area contributed by atoms with Crippen LogP contribution in [0.3, 0.4) is 0 Å². The van der Waals surface area contributed by atoms with Gasteiger partial charge in [0.2, 0.25) is 0 Å². The summed E-state index contributed by atoms with van der Waals surface area (Å²) in [4.78, 5) is 13.7. The minimum Gasteiger partial charge on any atom is -0.444 e. The number of hydrogen-bond donors (Lipinski definition) is 1. The zero-order valence-electron chi connectivity index (χ0n) is 13.1. The van der Waals surface area contributed by atoms with Gasteiger partial charge in [0.05, 0.1) is 6.20 Å². The van der Waals surface area contributed by atoms with Crippen LogP contribution < -0.4 is 5.32 Å². The first-order valence-electron chi connectivity index (χ1n) is 7.49. The fourth-order valence-corrected chi connectivity index (χ4v) is 2.32. The predicted octanol–water partition coefficient (Wildman–Crippen LogP) is 1.27. The molecule has 2 rings (SSSR count). The molecule has 1 aliphatic rings. The van der Waals surface area contributed by atoms with Crippen molar-refractivity contribution in [2.75, 3.05) is 19.6 Å². The van der Waals surface area contributed by atoms with Gasteiger partial charge in [0.1, 0.15) is 5.60 Å². The van der Waals surface area contributed by atoms with Gasteiger partial charge >= 0.3 is 6.09 Å². The highest BCUT2D eigenvalue weighted by Gasteiger charge is 2.29. The highest BCUT2D eigenvalue weighted by atomic mass is 16.6. The first kappa shape index (κ1) is 15.8. The van der Waals surface area contributed by atoms with E-state index in [2.05, 4.69) is 15.6 Å². The number of nitrogens with zero attached hydrogens (tertiary/aromatic N) is 4. The van der Waals surface area contributed by atoms with E-state index in [4.69, 9.17) is 4.74 Å². The molecule has 1 aliphatic heterocycles. The largest absolute Gasteiger partial charge is 0.444 e. The van der Waals surface area contributed by atoms with Gasteiger partial charge in [-0.2, -0.15) is 0 Å². The molecule has 2 heterocycles. The second kappa shape index (κ2) is 6.89. The normalized spacial score (nSPS) is 19.0. The number of amides is 1. The third-order valence-corrected chi connectivity index (χ3v) is 3.31. The van der Waals surface area contributed by atoms with E-state index in [1.807, 2.05) is 31.6 Å². The Morgan fingerprint density at radius 2 is 2.29 bits per heavy atom. The van der Waals surface area contributed by atoms with Crippen molar-refractivity contribution in [3.05, 3.63) is 12.4 Å². The van der Waals surface area contributed by atoms with Gasteiger partial charge < -0.3 is 15.0 Å². The Bertz CT molecular complexity index is 441. The lowest BCUT2D eigenvalue weighted by molar-refractivity contribution is 0.0291. The minimum absolute atomic E-state index is 0.214. The molecule has 0 bridgehead atoms. The van der Waals surface area contributed by atoms with Crippen molar-refractivity contribution >= 4 is 6.09 Å². The van der Waals surface area contributed by atoms with E-state index >= 15 is 0 Å². The molecule has 0 saturated carbocycles. The van der Waals surface area contributed by atoms with Gasteiger partial charge in [-0.25, -0.2) is 4.79 Å². The summed E-state index contributed by atoms with van der Waals surface area (Å²) in [5.74, 6) is 0. The van der Waals surface area contributed by atoms with E-state index in [0.29, 0.717) is 6.04 Å². The molecule has 1 aromatic rings. The van der Waals surface area contributed by atoms with Gasteiger partial charge in [-0.3, -0.25) is 4.68 Å². The van der Waals surface area contributed by atoms with E-state index in [-0.39, 0.29) is 6.09 Å². The Labute approximate surface area is 125 Å². The van der Waals surface area contributed by atoms with E-state index in [1.54, 1.807) is 11.1 Å². The molecule has 118 valence electrons. The second-order valence-electron chi connectivity index (χ2n) is 6.39. The van der Waals surface area contributed by atoms with E-state index in [0.717, 1.165) is 39.0 Å². The van der Waals surface area contributed by atoms with Gasteiger partial charge in [-0.15, -0.1) is 5.10 Å². The number of nitrogens with one attached hydrogen (secondary N) is 1. The molecule has 1 N–H and O–H groups in total. The van der Waals surface area contributed by atoms with Crippen LogP contribution in [0, 0.1) is 0 Å². The average molecular weight is 295 g/mol. The van der Waals surface area contributed by atoms with Crippen molar-refractivity contribution in [3.8, 4) is 0 Å². The summed E-state index contributed by atoms with van der Waals surface area (Å²) >= 11 is 0. The third-order valence-electron chi connectivity index (χ3n) is 3.31. The zero-order valence-corrected chi connectivity index (χ0v) is 13.1. The smallest absolute Gasteiger partial charge is 0.410 e. The number of aromatic nitrogens is 3. The van der Waals surface area contributed by atoms with Crippen LogP contribution in [0.5, 0.6) is 0 Å². The second-order valence-corrected chi connectivity index (χ2v) is 6.39. The van der Waals surface area contributed by atoms with Gasteiger partial charge in [0.25, 0.3) is 0 Å². The molecule has 7 heteroatoms. The Morgan fingerprint density at radius 3 is 2.95 bits per heavy atom. The van der Waals surface area contributed by atoms with Crippen LogP contribution >= 0.6 is 0 Å². The standard InChI is InChI=1S/C14H25N5O2/c1-14(2,3)21-13(20)18-9-5-12(11-18)15-6-4-8-19-10-7-16-17-19/h7,10,12,15H,4-6,8-9,11H2,1-3H3. The molecule has 1 fully saturated rings. The summed E-state index contributed by atoms with van der Waals surface area (Å²) in [6, 6.07) is 0.355. The summed E-state index contributed by atoms with van der Waals surface area (Å²) in [5, 5.41) is 11.2. The quantitative estimate of drug-likeness (QED) is 0.828. The summed E-state index contributed by atoms with van der Waals surface area (Å²) in [7, 11) is 0. The summed E-state index contributed by atoms with van der Waals surface area (Å²) in [5.41, 5.74) is -0.430. The lowest BCUT2D eigenvalue weighted by Crippen LogP contribution is -2.38. The molecule has 0 aromatic carbocycles. The van der Waals surface area contributed by atoms with Gasteiger partial charge in [0.15, 0.2) is 0 Å². The van der Waals surface area contributed by atoms with Gasteiger partial charge in [-0.05, 0) is 40.2 Å². The van der Waals surface area contributed by atoms with Crippen molar-refractivity contribution in [2.24, 2.45) is 0 Å². The molecule has 21 heavy (non-hydrogen) atoms. The maximum absolute atomic E-state index is 11.9. The number of aryl methyl sites for hydroxylation is 1. The molecule has 1 amide bonds. The van der Waals surface area contributed by atoms with Crippen molar-refractivity contribution in [2.45, 2.75) is 51.8 Å². The average Bonchev–Trinajstić information content (AvgIpc) is 3.04. The maximum atomic E-state index is 11.9. The summed E-state index contributed by atoms with van der Waals surface area (Å²) in [6.07, 6.45) is 5.30. The molecule has 7 nitrogen and oxygen atoms in total. The first-order valence-corrected chi connectivity index (χ1v) is 7.49. The van der Waals surface area contributed by atoms with Crippen molar-refractivity contribution in [3.63, 3.8) is 0 Å². The predicted molar refractivity (Wildman–Crippen MR) is 78.9 cm³/mol. The van der Waals surface area contributed by atoms with Crippen LogP contribution in [-0.4, -0.2) is 57.3 Å². The van der Waals surface area contributed by atoms with Crippen LogP contribution in [0.15, 0.2) is 12.4 Å². The monoisotopic (exact) mass is 295 g/mol. The van der Waals surface area contributed by atoms with E-state index in [1.165, 1.54) is 0 Å². The fourth-order valence-electron chi connectivity index (χ4n) is 2.32. The number of hydrogen-bond acceptors (Lipinski definition) is 5. The number of ether oxygens (including phenoxy) is 1. The Morgan fingerprint density at radius 1 is 1.48 bits per heavy atom. The van der Waals surface area contributed by atoms with Crippen molar-refractivity contribution in [1.82, 2.24) is 25.2 Å². The minimum atomic E-state index is -0.430. The molecular formula is C14H25N5O2. The molecule has 0 radical (unpaired) electrons.